The lowest BCUT2D eigenvalue weighted by molar-refractivity contribution is -0.137. The summed E-state index contributed by atoms with van der Waals surface area (Å²) in [7, 11) is 0. The van der Waals surface area contributed by atoms with Crippen molar-refractivity contribution in [2.75, 3.05) is 60.9 Å². The van der Waals surface area contributed by atoms with Crippen LogP contribution in [-0.4, -0.2) is 103 Å². The summed E-state index contributed by atoms with van der Waals surface area (Å²) in [6.45, 7) is 6.73. The average Bonchev–Trinajstić information content (AvgIpc) is 3.71. The summed E-state index contributed by atoms with van der Waals surface area (Å²) < 4.78 is 43.9. The molecule has 19 heteroatoms. The number of alkyl halides is 3. The van der Waals surface area contributed by atoms with E-state index < -0.39 is 23.2 Å². The summed E-state index contributed by atoms with van der Waals surface area (Å²) in [5, 5.41) is 25.1. The van der Waals surface area contributed by atoms with Crippen molar-refractivity contribution >= 4 is 46.5 Å². The summed E-state index contributed by atoms with van der Waals surface area (Å²) in [5.41, 5.74) is -0.468. The Kier molecular flexibility index (Phi) is 9.07. The number of halogens is 4. The number of amides is 2. The van der Waals surface area contributed by atoms with Crippen molar-refractivity contribution in [1.82, 2.24) is 39.2 Å². The second-order valence-electron chi connectivity index (χ2n) is 13.0. The van der Waals surface area contributed by atoms with Gasteiger partial charge in [0.15, 0.2) is 0 Å². The molecule has 1 aromatic carbocycles. The molecule has 2 aliphatic heterocycles. The molecule has 272 valence electrons. The first-order chi connectivity index (χ1) is 24.3. The fourth-order valence-corrected chi connectivity index (χ4v) is 6.98. The minimum Gasteiger partial charge on any atom is -0.493 e. The first-order valence-corrected chi connectivity index (χ1v) is 17.2. The number of aromatic hydroxyl groups is 1. The number of nitrogens with one attached hydrogen (secondary N) is 2. The van der Waals surface area contributed by atoms with Crippen molar-refractivity contribution in [3.05, 3.63) is 56.6 Å². The molecule has 1 atom stereocenters. The van der Waals surface area contributed by atoms with Crippen molar-refractivity contribution < 1.29 is 27.9 Å². The van der Waals surface area contributed by atoms with Gasteiger partial charge in [0.05, 0.1) is 34.2 Å². The van der Waals surface area contributed by atoms with E-state index in [0.29, 0.717) is 49.9 Å². The molecule has 2 saturated heterocycles. The predicted molar refractivity (Wildman–Crippen MR) is 182 cm³/mol. The highest BCUT2D eigenvalue weighted by Gasteiger charge is 2.36. The van der Waals surface area contributed by atoms with E-state index in [-0.39, 0.29) is 72.1 Å². The van der Waals surface area contributed by atoms with E-state index in [4.69, 9.17) is 16.6 Å². The van der Waals surface area contributed by atoms with E-state index in [9.17, 15) is 32.7 Å². The molecule has 15 nitrogen and oxygen atoms in total. The van der Waals surface area contributed by atoms with Crippen molar-refractivity contribution in [3.63, 3.8) is 0 Å². The minimum absolute atomic E-state index is 0.00342. The third kappa shape index (κ3) is 6.57. The summed E-state index contributed by atoms with van der Waals surface area (Å²) >= 11 is 6.13. The number of nitrogens with zero attached hydrogens (tertiary/aromatic N) is 9. The van der Waals surface area contributed by atoms with E-state index in [1.165, 1.54) is 15.4 Å². The van der Waals surface area contributed by atoms with Gasteiger partial charge in [0.25, 0.3) is 11.5 Å². The predicted octanol–water partition coefficient (Wildman–Crippen LogP) is 2.76. The zero-order valence-corrected chi connectivity index (χ0v) is 28.7. The SMILES string of the molecule is CCc1c(N2CCN(C(=O)c3cnn(C4CC4)c3O)[C@H](C)C2)c(=O)n2nc(N3CCNCC3)nc2n1CC(=O)Nc1ccc(C(F)(F)F)cc1Cl. The monoisotopic (exact) mass is 731 g/mol. The topological polar surface area (TPSA) is 158 Å². The molecule has 3 fully saturated rings. The van der Waals surface area contributed by atoms with Crippen LogP contribution in [0.2, 0.25) is 5.02 Å². The van der Waals surface area contributed by atoms with E-state index >= 15 is 0 Å². The third-order valence-electron chi connectivity index (χ3n) is 9.52. The maximum Gasteiger partial charge on any atom is 0.416 e. The largest absolute Gasteiger partial charge is 0.493 e. The Balaban J connectivity index is 1.21. The number of carbonyl (C=O) groups excluding carboxylic acids is 2. The van der Waals surface area contributed by atoms with E-state index in [0.717, 1.165) is 31.0 Å². The maximum atomic E-state index is 14.3. The molecule has 0 unspecified atom stereocenters. The molecular weight excluding hydrogens is 695 g/mol. The molecule has 51 heavy (non-hydrogen) atoms. The minimum atomic E-state index is -4.60. The van der Waals surface area contributed by atoms with Crippen LogP contribution >= 0.6 is 11.6 Å². The van der Waals surface area contributed by atoms with Crippen LogP contribution in [-0.2, 0) is 23.9 Å². The Morgan fingerprint density at radius 3 is 2.51 bits per heavy atom. The maximum absolute atomic E-state index is 14.3. The Bertz CT molecular complexity index is 2050. The highest BCUT2D eigenvalue weighted by Crippen LogP contribution is 2.38. The van der Waals surface area contributed by atoms with Crippen molar-refractivity contribution in [1.29, 1.82) is 0 Å². The first-order valence-electron chi connectivity index (χ1n) is 16.8. The van der Waals surface area contributed by atoms with Gasteiger partial charge in [0.1, 0.15) is 17.8 Å². The molecule has 0 spiro atoms. The smallest absolute Gasteiger partial charge is 0.416 e. The number of anilines is 3. The molecule has 5 heterocycles. The first kappa shape index (κ1) is 34.6. The van der Waals surface area contributed by atoms with Crippen molar-refractivity contribution in [2.24, 2.45) is 0 Å². The number of piperazine rings is 2. The molecule has 1 saturated carbocycles. The second-order valence-corrected chi connectivity index (χ2v) is 13.4. The van der Waals surface area contributed by atoms with Gasteiger partial charge in [-0.15, -0.1) is 5.10 Å². The van der Waals surface area contributed by atoms with Crippen LogP contribution in [0.1, 0.15) is 54.3 Å². The Labute approximate surface area is 294 Å². The van der Waals surface area contributed by atoms with E-state index in [1.807, 2.05) is 23.6 Å². The quantitative estimate of drug-likeness (QED) is 0.246. The molecule has 1 aliphatic carbocycles. The number of carbonyl (C=O) groups is 2. The van der Waals surface area contributed by atoms with Gasteiger partial charge in [-0.3, -0.25) is 14.4 Å². The molecule has 4 aromatic rings. The zero-order valence-electron chi connectivity index (χ0n) is 28.0. The number of benzene rings is 1. The lowest BCUT2D eigenvalue weighted by atomic mass is 10.1. The van der Waals surface area contributed by atoms with Gasteiger partial charge in [-0.1, -0.05) is 18.5 Å². The Hall–Kier alpha value is -4.84. The number of aromatic nitrogens is 6. The van der Waals surface area contributed by atoms with Gasteiger partial charge < -0.3 is 35.0 Å². The summed E-state index contributed by atoms with van der Waals surface area (Å²) in [6, 6.07) is 2.39. The van der Waals surface area contributed by atoms with Gasteiger partial charge >= 0.3 is 6.18 Å². The van der Waals surface area contributed by atoms with Crippen LogP contribution in [0.5, 0.6) is 5.88 Å². The third-order valence-corrected chi connectivity index (χ3v) is 9.83. The van der Waals surface area contributed by atoms with Crippen molar-refractivity contribution in [2.45, 2.75) is 57.9 Å². The van der Waals surface area contributed by atoms with Crippen molar-refractivity contribution in [3.8, 4) is 5.88 Å². The average molecular weight is 732 g/mol. The molecule has 3 N–H and O–H groups in total. The molecule has 0 bridgehead atoms. The van der Waals surface area contributed by atoms with Gasteiger partial charge in [0, 0.05) is 51.9 Å². The van der Waals surface area contributed by atoms with E-state index in [1.54, 1.807) is 9.47 Å². The fraction of sp³-hybridized carbons (Fsp3) is 0.500. The highest BCUT2D eigenvalue weighted by atomic mass is 35.5. The van der Waals surface area contributed by atoms with Crippen LogP contribution in [0.25, 0.3) is 5.78 Å². The molecule has 0 radical (unpaired) electrons. The van der Waals surface area contributed by atoms with Crippen LogP contribution in [0, 0.1) is 0 Å². The summed E-state index contributed by atoms with van der Waals surface area (Å²) in [5.74, 6) is -0.660. The fourth-order valence-electron chi connectivity index (χ4n) is 6.75. The van der Waals surface area contributed by atoms with E-state index in [2.05, 4.69) is 20.8 Å². The van der Waals surface area contributed by atoms with Gasteiger partial charge in [-0.05, 0) is 44.4 Å². The van der Waals surface area contributed by atoms with Crippen LogP contribution in [0.4, 0.5) is 30.5 Å². The number of hydrogen-bond donors (Lipinski definition) is 3. The van der Waals surface area contributed by atoms with Gasteiger partial charge in [0.2, 0.25) is 23.5 Å². The molecule has 2 amide bonds. The Morgan fingerprint density at radius 1 is 1.12 bits per heavy atom. The second kappa shape index (κ2) is 13.4. The van der Waals surface area contributed by atoms with Crippen LogP contribution in [0.15, 0.2) is 29.2 Å². The van der Waals surface area contributed by atoms with Crippen LogP contribution in [0.3, 0.4) is 0 Å². The van der Waals surface area contributed by atoms with Gasteiger partial charge in [-0.2, -0.15) is 27.8 Å². The standard InChI is InChI=1S/C32H37ClF3N11O4/c1-3-24-26(43-12-13-44(18(2)16-43)27(49)21-15-38-46(28(21)50)20-5-6-20)29(51)47-31(40-30(41-47)42-10-8-37-9-11-42)45(24)17-25(48)39-23-7-4-19(14-22(23)33)32(34,35)36/h4,7,14-15,18,20,37,50H,3,5-6,8-13,16-17H2,1-2H3,(H,39,48)/t18-/m1/s1. The highest BCUT2D eigenvalue weighted by molar-refractivity contribution is 6.33. The number of rotatable bonds is 8. The van der Waals surface area contributed by atoms with Crippen LogP contribution < -0.4 is 26.0 Å². The molecular formula is C32H37ClF3N11O4. The molecule has 7 rings (SSSR count). The lowest BCUT2D eigenvalue weighted by Crippen LogP contribution is -2.55. The summed E-state index contributed by atoms with van der Waals surface area (Å²) in [4.78, 5) is 51.5. The molecule has 3 aromatic heterocycles. The summed E-state index contributed by atoms with van der Waals surface area (Å²) in [6.07, 6.45) is -1.11. The number of hydrogen-bond acceptors (Lipinski definition) is 10. The number of fused-ring (bicyclic) bond motifs is 1. The normalized spacial score (nSPS) is 18.5. The van der Waals surface area contributed by atoms with Gasteiger partial charge in [-0.25, -0.2) is 4.68 Å². The lowest BCUT2D eigenvalue weighted by Gasteiger charge is -2.41. The Morgan fingerprint density at radius 2 is 1.86 bits per heavy atom. The zero-order chi connectivity index (χ0) is 36.2. The molecule has 3 aliphatic rings.